The standard InChI is InChI=1S/C52H40N4.C4H8.C3H6/c1-4-17-36-26-28-42(50-53-46(37-18-9-5-10-19-37)33-47(54-50)38-20-11-6-12-21-38)31-44(36)52(3)35(2)30-41-27-29-43(32-45(41)52)51-55-48(39-22-13-7-14-23-39)34-49(56-51)40-24-15-8-16-25-40;1-4(2)3;1-3-2/h4-34H,1-3H3;1H2,2-3H3;3H,1H2,2H3/b17-4-;;. The molecule has 0 saturated carbocycles. The highest BCUT2D eigenvalue weighted by molar-refractivity contribution is 5.80. The molecule has 0 spiro atoms. The van der Waals surface area contributed by atoms with Gasteiger partial charge in [0.1, 0.15) is 0 Å². The van der Waals surface area contributed by atoms with Gasteiger partial charge in [0.05, 0.1) is 22.8 Å². The molecule has 4 heteroatoms. The van der Waals surface area contributed by atoms with E-state index in [0.29, 0.717) is 11.6 Å². The van der Waals surface area contributed by atoms with Crippen LogP contribution in [0.2, 0.25) is 0 Å². The molecule has 1 aliphatic carbocycles. The van der Waals surface area contributed by atoms with Gasteiger partial charge >= 0.3 is 0 Å². The quantitative estimate of drug-likeness (QED) is 0.143. The fraction of sp³-hybridized carbons (Fsp3) is 0.119. The predicted molar refractivity (Wildman–Crippen MR) is 268 cm³/mol. The average molecular weight is 819 g/mol. The summed E-state index contributed by atoms with van der Waals surface area (Å²) in [6.07, 6.45) is 8.39. The van der Waals surface area contributed by atoms with E-state index in [1.165, 1.54) is 27.8 Å². The smallest absolute Gasteiger partial charge is 0.160 e. The van der Waals surface area contributed by atoms with Gasteiger partial charge in [-0.15, -0.1) is 13.2 Å². The first-order chi connectivity index (χ1) is 30.6. The lowest BCUT2D eigenvalue weighted by molar-refractivity contribution is 0.690. The topological polar surface area (TPSA) is 51.6 Å². The maximum atomic E-state index is 5.19. The molecule has 0 radical (unpaired) electrons. The maximum Gasteiger partial charge on any atom is 0.160 e. The van der Waals surface area contributed by atoms with E-state index in [1.54, 1.807) is 6.08 Å². The minimum Gasteiger partial charge on any atom is -0.228 e. The van der Waals surface area contributed by atoms with Crippen molar-refractivity contribution in [1.29, 1.82) is 0 Å². The number of fused-ring (bicyclic) bond motifs is 1. The van der Waals surface area contributed by atoms with Gasteiger partial charge in [0.25, 0.3) is 0 Å². The van der Waals surface area contributed by atoms with E-state index >= 15 is 0 Å². The van der Waals surface area contributed by atoms with E-state index in [2.05, 4.69) is 198 Å². The van der Waals surface area contributed by atoms with Gasteiger partial charge in [-0.2, -0.15) is 0 Å². The molecule has 8 aromatic rings. The lowest BCUT2D eigenvalue weighted by Gasteiger charge is -2.31. The number of nitrogens with zero attached hydrogens (tertiary/aromatic N) is 4. The molecule has 2 heterocycles. The first kappa shape index (κ1) is 43.5. The molecule has 0 amide bonds. The summed E-state index contributed by atoms with van der Waals surface area (Å²) in [5.74, 6) is 1.39. The Morgan fingerprint density at radius 3 is 1.21 bits per heavy atom. The monoisotopic (exact) mass is 818 g/mol. The summed E-state index contributed by atoms with van der Waals surface area (Å²) < 4.78 is 0. The van der Waals surface area contributed by atoms with Gasteiger partial charge in [-0.25, -0.2) is 19.9 Å². The highest BCUT2D eigenvalue weighted by Gasteiger charge is 2.39. The highest BCUT2D eigenvalue weighted by atomic mass is 14.9. The Bertz CT molecular complexity index is 2790. The van der Waals surface area contributed by atoms with Gasteiger partial charge < -0.3 is 0 Å². The molecule has 63 heavy (non-hydrogen) atoms. The Morgan fingerprint density at radius 2 is 0.841 bits per heavy atom. The van der Waals surface area contributed by atoms with Crippen LogP contribution in [-0.4, -0.2) is 19.9 Å². The van der Waals surface area contributed by atoms with E-state index in [1.807, 2.05) is 45.0 Å². The molecule has 1 aliphatic rings. The van der Waals surface area contributed by atoms with Crippen molar-refractivity contribution in [3.8, 4) is 67.8 Å². The number of aromatic nitrogens is 4. The summed E-state index contributed by atoms with van der Waals surface area (Å²) in [5.41, 5.74) is 16.5. The SMILES string of the molecule is C/C=C\c1ccc(-c2nc(-c3ccccc3)cc(-c3ccccc3)n2)cc1C1(C)C(C)=Cc2ccc(-c3nc(-c4ccccc4)cc(-c4ccccc4)n3)cc21.C=C(C)C.C=CC. The third-order valence-corrected chi connectivity index (χ3v) is 10.9. The van der Waals surface area contributed by atoms with Gasteiger partial charge in [-0.05, 0) is 88.1 Å². The normalized spacial score (nSPS) is 13.8. The predicted octanol–water partition coefficient (Wildman–Crippen LogP) is 15.8. The van der Waals surface area contributed by atoms with E-state index in [4.69, 9.17) is 19.9 Å². The summed E-state index contributed by atoms with van der Waals surface area (Å²) in [7, 11) is 0. The zero-order valence-corrected chi connectivity index (χ0v) is 37.2. The van der Waals surface area contributed by atoms with Crippen LogP contribution in [0.15, 0.2) is 206 Å². The van der Waals surface area contributed by atoms with Crippen molar-refractivity contribution >= 4 is 12.2 Å². The summed E-state index contributed by atoms with van der Waals surface area (Å²) >= 11 is 0. The summed E-state index contributed by atoms with van der Waals surface area (Å²) in [4.78, 5) is 20.7. The minimum atomic E-state index is -0.450. The Labute approximate surface area is 373 Å². The molecule has 9 rings (SSSR count). The number of hydrogen-bond acceptors (Lipinski definition) is 4. The van der Waals surface area contributed by atoms with Crippen LogP contribution in [0.4, 0.5) is 0 Å². The second kappa shape index (κ2) is 19.9. The van der Waals surface area contributed by atoms with E-state index < -0.39 is 5.41 Å². The van der Waals surface area contributed by atoms with Crippen LogP contribution in [-0.2, 0) is 5.41 Å². The van der Waals surface area contributed by atoms with Crippen molar-refractivity contribution < 1.29 is 0 Å². The highest BCUT2D eigenvalue weighted by Crippen LogP contribution is 2.49. The minimum absolute atomic E-state index is 0.450. The molecule has 0 saturated heterocycles. The van der Waals surface area contributed by atoms with Crippen LogP contribution < -0.4 is 0 Å². The fourth-order valence-corrected chi connectivity index (χ4v) is 7.83. The fourth-order valence-electron chi connectivity index (χ4n) is 7.83. The van der Waals surface area contributed by atoms with Crippen LogP contribution in [0.3, 0.4) is 0 Å². The molecule has 4 nitrogen and oxygen atoms in total. The van der Waals surface area contributed by atoms with Crippen molar-refractivity contribution in [2.45, 2.75) is 47.0 Å². The van der Waals surface area contributed by atoms with Crippen molar-refractivity contribution in [3.63, 3.8) is 0 Å². The van der Waals surface area contributed by atoms with Crippen molar-refractivity contribution in [2.75, 3.05) is 0 Å². The molecule has 1 unspecified atom stereocenters. The Hall–Kier alpha value is -7.56. The van der Waals surface area contributed by atoms with Gasteiger partial charge in [-0.1, -0.05) is 181 Å². The third-order valence-electron chi connectivity index (χ3n) is 10.9. The number of benzene rings is 6. The van der Waals surface area contributed by atoms with Crippen LogP contribution in [0.25, 0.3) is 80.0 Å². The zero-order valence-electron chi connectivity index (χ0n) is 37.2. The van der Waals surface area contributed by atoms with E-state index in [9.17, 15) is 0 Å². The molecule has 0 bridgehead atoms. The largest absolute Gasteiger partial charge is 0.228 e. The van der Waals surface area contributed by atoms with E-state index in [0.717, 1.165) is 61.7 Å². The van der Waals surface area contributed by atoms with Crippen molar-refractivity contribution in [1.82, 2.24) is 19.9 Å². The lowest BCUT2D eigenvalue weighted by atomic mass is 9.71. The van der Waals surface area contributed by atoms with Gasteiger partial charge in [0.15, 0.2) is 11.6 Å². The lowest BCUT2D eigenvalue weighted by Crippen LogP contribution is -2.24. The number of allylic oxidation sites excluding steroid dienone is 4. The van der Waals surface area contributed by atoms with E-state index in [-0.39, 0.29) is 0 Å². The Balaban J connectivity index is 0.000000796. The first-order valence-corrected chi connectivity index (χ1v) is 21.4. The number of rotatable bonds is 8. The van der Waals surface area contributed by atoms with Crippen molar-refractivity contribution in [2.24, 2.45) is 0 Å². The molecular formula is C59H54N4. The average Bonchev–Trinajstić information content (AvgIpc) is 3.58. The molecule has 2 aromatic heterocycles. The Morgan fingerprint density at radius 1 is 0.492 bits per heavy atom. The second-order valence-electron chi connectivity index (χ2n) is 16.1. The van der Waals surface area contributed by atoms with Gasteiger partial charge in [0, 0.05) is 38.8 Å². The van der Waals surface area contributed by atoms with Crippen LogP contribution >= 0.6 is 0 Å². The first-order valence-electron chi connectivity index (χ1n) is 21.4. The van der Waals surface area contributed by atoms with Crippen LogP contribution in [0, 0.1) is 0 Å². The molecule has 310 valence electrons. The molecule has 0 fully saturated rings. The molecule has 0 N–H and O–H groups in total. The third kappa shape index (κ3) is 9.82. The summed E-state index contributed by atoms with van der Waals surface area (Å²) in [6, 6.07) is 58.9. The molecule has 1 atom stereocenters. The number of hydrogen-bond donors (Lipinski definition) is 0. The maximum absolute atomic E-state index is 5.19. The van der Waals surface area contributed by atoms with Gasteiger partial charge in [-0.3, -0.25) is 0 Å². The van der Waals surface area contributed by atoms with Crippen molar-refractivity contribution in [3.05, 3.63) is 229 Å². The second-order valence-corrected chi connectivity index (χ2v) is 16.1. The summed E-state index contributed by atoms with van der Waals surface area (Å²) in [5, 5.41) is 0. The van der Waals surface area contributed by atoms with Crippen LogP contribution in [0.1, 0.15) is 63.8 Å². The zero-order chi connectivity index (χ0) is 44.3. The van der Waals surface area contributed by atoms with Crippen LogP contribution in [0.5, 0.6) is 0 Å². The van der Waals surface area contributed by atoms with Gasteiger partial charge in [0.2, 0.25) is 0 Å². The summed E-state index contributed by atoms with van der Waals surface area (Å²) in [6.45, 7) is 19.4. The Kier molecular flexibility index (Phi) is 13.7. The molecule has 0 aliphatic heterocycles. The molecular weight excluding hydrogens is 765 g/mol. The molecule has 6 aromatic carbocycles.